The van der Waals surface area contributed by atoms with Gasteiger partial charge in [0.25, 0.3) is 5.56 Å². The average molecular weight is 360 g/mol. The van der Waals surface area contributed by atoms with E-state index in [1.54, 1.807) is 24.3 Å². The Bertz CT molecular complexity index is 1120. The molecule has 0 atom stereocenters. The Morgan fingerprint density at radius 1 is 1.00 bits per heavy atom. The lowest BCUT2D eigenvalue weighted by Crippen LogP contribution is -2.16. The molecule has 1 heterocycles. The van der Waals surface area contributed by atoms with E-state index in [0.717, 1.165) is 5.56 Å². The van der Waals surface area contributed by atoms with Crippen LogP contribution in [-0.4, -0.2) is 4.98 Å². The fourth-order valence-corrected chi connectivity index (χ4v) is 2.60. The number of ether oxygens (including phenoxy) is 1. The van der Waals surface area contributed by atoms with Crippen molar-refractivity contribution in [3.63, 3.8) is 0 Å². The number of pyridine rings is 1. The molecule has 0 aliphatic carbocycles. The Balaban J connectivity index is 1.90. The highest BCUT2D eigenvalue weighted by Crippen LogP contribution is 2.28. The first-order chi connectivity index (χ1) is 13.0. The number of benzene rings is 2. The maximum absolute atomic E-state index is 12.9. The second-order valence-electron chi connectivity index (χ2n) is 5.66. The van der Waals surface area contributed by atoms with Crippen LogP contribution in [0.15, 0.2) is 53.3 Å². The van der Waals surface area contributed by atoms with Gasteiger partial charge < -0.3 is 15.5 Å². The normalized spacial score (nSPS) is 10.0. The van der Waals surface area contributed by atoms with Crippen LogP contribution in [0.25, 0.3) is 11.1 Å². The number of nitriles is 2. The lowest BCUT2D eigenvalue weighted by Gasteiger charge is -2.10. The summed E-state index contributed by atoms with van der Waals surface area (Å²) in [5.41, 5.74) is 6.48. The van der Waals surface area contributed by atoms with Crippen molar-refractivity contribution in [3.8, 4) is 29.0 Å². The van der Waals surface area contributed by atoms with Crippen LogP contribution >= 0.6 is 0 Å². The molecule has 2 aromatic carbocycles. The van der Waals surface area contributed by atoms with E-state index < -0.39 is 5.56 Å². The molecule has 0 radical (unpaired) electrons. The number of anilines is 1. The first-order valence-corrected chi connectivity index (χ1v) is 7.87. The summed E-state index contributed by atoms with van der Waals surface area (Å²) in [6.45, 7) is 0.250. The summed E-state index contributed by atoms with van der Waals surface area (Å²) in [6.07, 6.45) is 0. The SMILES string of the molecule is N#Cc1c(N)[nH]c(=O)c(C#N)c1-c1ccc(COc2ccc(F)cc2)cc1. The number of rotatable bonds is 4. The summed E-state index contributed by atoms with van der Waals surface area (Å²) >= 11 is 0. The fourth-order valence-electron chi connectivity index (χ4n) is 2.60. The van der Waals surface area contributed by atoms with Crippen molar-refractivity contribution in [3.05, 3.63) is 81.4 Å². The number of nitrogens with zero attached hydrogens (tertiary/aromatic N) is 2. The van der Waals surface area contributed by atoms with Crippen LogP contribution in [-0.2, 0) is 6.61 Å². The molecule has 0 aliphatic heterocycles. The van der Waals surface area contributed by atoms with Gasteiger partial charge in [0.15, 0.2) is 0 Å². The molecule has 0 spiro atoms. The van der Waals surface area contributed by atoms with Gasteiger partial charge in [-0.1, -0.05) is 24.3 Å². The molecule has 0 unspecified atom stereocenters. The first kappa shape index (κ1) is 17.7. The Morgan fingerprint density at radius 3 is 2.22 bits per heavy atom. The van der Waals surface area contributed by atoms with Crippen LogP contribution in [0.3, 0.4) is 0 Å². The van der Waals surface area contributed by atoms with Crippen LogP contribution in [0, 0.1) is 28.5 Å². The monoisotopic (exact) mass is 360 g/mol. The Labute approximate surface area is 153 Å². The maximum atomic E-state index is 12.9. The summed E-state index contributed by atoms with van der Waals surface area (Å²) in [6, 6.07) is 16.3. The van der Waals surface area contributed by atoms with E-state index in [-0.39, 0.29) is 34.9 Å². The number of nitrogen functional groups attached to an aromatic ring is 1. The second kappa shape index (κ2) is 7.42. The number of halogens is 1. The molecule has 0 saturated carbocycles. The number of nitrogens with one attached hydrogen (secondary N) is 1. The minimum absolute atomic E-state index is 0.0430. The van der Waals surface area contributed by atoms with Gasteiger partial charge in [0.2, 0.25) is 0 Å². The third kappa shape index (κ3) is 3.63. The first-order valence-electron chi connectivity index (χ1n) is 7.87. The lowest BCUT2D eigenvalue weighted by molar-refractivity contribution is 0.306. The van der Waals surface area contributed by atoms with Crippen molar-refractivity contribution in [2.75, 3.05) is 5.73 Å². The molecule has 3 aromatic rings. The molecule has 132 valence electrons. The molecule has 3 rings (SSSR count). The molecule has 0 bridgehead atoms. The molecule has 27 heavy (non-hydrogen) atoms. The third-order valence-corrected chi connectivity index (χ3v) is 3.93. The Morgan fingerprint density at radius 2 is 1.63 bits per heavy atom. The Kier molecular flexibility index (Phi) is 4.87. The van der Waals surface area contributed by atoms with Gasteiger partial charge in [0, 0.05) is 5.56 Å². The topological polar surface area (TPSA) is 116 Å². The van der Waals surface area contributed by atoms with Crippen molar-refractivity contribution < 1.29 is 9.13 Å². The van der Waals surface area contributed by atoms with Crippen molar-refractivity contribution in [1.29, 1.82) is 10.5 Å². The molecule has 6 nitrogen and oxygen atoms in total. The summed E-state index contributed by atoms with van der Waals surface area (Å²) < 4.78 is 18.5. The summed E-state index contributed by atoms with van der Waals surface area (Å²) in [5, 5.41) is 18.6. The van der Waals surface area contributed by atoms with Crippen molar-refractivity contribution in [2.45, 2.75) is 6.61 Å². The number of hydrogen-bond donors (Lipinski definition) is 2. The number of aromatic nitrogens is 1. The van der Waals surface area contributed by atoms with E-state index in [1.807, 2.05) is 12.1 Å². The molecule has 0 fully saturated rings. The number of aromatic amines is 1. The zero-order valence-electron chi connectivity index (χ0n) is 14.0. The van der Waals surface area contributed by atoms with E-state index in [2.05, 4.69) is 4.98 Å². The van der Waals surface area contributed by atoms with Crippen LogP contribution in [0.2, 0.25) is 0 Å². The summed E-state index contributed by atoms with van der Waals surface area (Å²) in [7, 11) is 0. The van der Waals surface area contributed by atoms with Crippen molar-refractivity contribution in [1.82, 2.24) is 4.98 Å². The maximum Gasteiger partial charge on any atom is 0.268 e. The van der Waals surface area contributed by atoms with Crippen molar-refractivity contribution in [2.24, 2.45) is 0 Å². The number of H-pyrrole nitrogens is 1. The highest BCUT2D eigenvalue weighted by atomic mass is 19.1. The molecule has 3 N–H and O–H groups in total. The molecule has 0 saturated heterocycles. The van der Waals surface area contributed by atoms with Gasteiger partial charge in [-0.15, -0.1) is 0 Å². The second-order valence-corrected chi connectivity index (χ2v) is 5.66. The van der Waals surface area contributed by atoms with E-state index >= 15 is 0 Å². The number of hydrogen-bond acceptors (Lipinski definition) is 5. The minimum atomic E-state index is -0.646. The predicted octanol–water partition coefficient (Wildman–Crippen LogP) is 3.09. The van der Waals surface area contributed by atoms with E-state index in [0.29, 0.717) is 11.3 Å². The van der Waals surface area contributed by atoms with Gasteiger partial charge in [-0.2, -0.15) is 10.5 Å². The zero-order chi connectivity index (χ0) is 19.4. The molecule has 0 aliphatic rings. The third-order valence-electron chi connectivity index (χ3n) is 3.93. The van der Waals surface area contributed by atoms with Crippen LogP contribution in [0.5, 0.6) is 5.75 Å². The minimum Gasteiger partial charge on any atom is -0.489 e. The summed E-state index contributed by atoms with van der Waals surface area (Å²) in [5.74, 6) is 0.104. The highest BCUT2D eigenvalue weighted by Gasteiger charge is 2.17. The van der Waals surface area contributed by atoms with Gasteiger partial charge in [0.1, 0.15) is 47.3 Å². The van der Waals surface area contributed by atoms with Gasteiger partial charge in [-0.3, -0.25) is 4.79 Å². The van der Waals surface area contributed by atoms with E-state index in [9.17, 15) is 19.7 Å². The fraction of sp³-hybridized carbons (Fsp3) is 0.0500. The van der Waals surface area contributed by atoms with Gasteiger partial charge in [-0.25, -0.2) is 4.39 Å². The predicted molar refractivity (Wildman–Crippen MR) is 97.1 cm³/mol. The summed E-state index contributed by atoms with van der Waals surface area (Å²) in [4.78, 5) is 14.3. The molecule has 1 aromatic heterocycles. The molecule has 7 heteroatoms. The van der Waals surface area contributed by atoms with Crippen LogP contribution in [0.4, 0.5) is 10.2 Å². The lowest BCUT2D eigenvalue weighted by atomic mass is 9.96. The van der Waals surface area contributed by atoms with Crippen LogP contribution < -0.4 is 16.0 Å². The van der Waals surface area contributed by atoms with E-state index in [1.165, 1.54) is 24.3 Å². The van der Waals surface area contributed by atoms with Gasteiger partial charge in [-0.05, 0) is 35.4 Å². The Hall–Kier alpha value is -4.10. The van der Waals surface area contributed by atoms with Crippen LogP contribution in [0.1, 0.15) is 16.7 Å². The van der Waals surface area contributed by atoms with E-state index in [4.69, 9.17) is 10.5 Å². The standard InChI is InChI=1S/C20H13FN4O2/c21-14-5-7-15(8-6-14)27-11-12-1-3-13(4-2-12)18-16(9-22)19(24)25-20(26)17(18)10-23/h1-8H,11H2,(H3,24,25,26). The van der Waals surface area contributed by atoms with Gasteiger partial charge >= 0.3 is 0 Å². The molecular weight excluding hydrogens is 347 g/mol. The largest absolute Gasteiger partial charge is 0.489 e. The highest BCUT2D eigenvalue weighted by molar-refractivity contribution is 5.80. The smallest absolute Gasteiger partial charge is 0.268 e. The number of nitrogens with two attached hydrogens (primary N) is 1. The molecular formula is C20H13FN4O2. The molecule has 0 amide bonds. The van der Waals surface area contributed by atoms with Gasteiger partial charge in [0.05, 0.1) is 0 Å². The quantitative estimate of drug-likeness (QED) is 0.742. The zero-order valence-corrected chi connectivity index (χ0v) is 14.0. The average Bonchev–Trinajstić information content (AvgIpc) is 2.67. The van der Waals surface area contributed by atoms with Crippen molar-refractivity contribution >= 4 is 5.82 Å².